The lowest BCUT2D eigenvalue weighted by atomic mass is 10.1. The summed E-state index contributed by atoms with van der Waals surface area (Å²) >= 11 is 3.41. The van der Waals surface area contributed by atoms with Crippen LogP contribution >= 0.6 is 15.9 Å². The van der Waals surface area contributed by atoms with Gasteiger partial charge in [0.2, 0.25) is 0 Å². The van der Waals surface area contributed by atoms with Crippen molar-refractivity contribution in [3.05, 3.63) is 28.2 Å². The summed E-state index contributed by atoms with van der Waals surface area (Å²) in [5.41, 5.74) is 7.76. The summed E-state index contributed by atoms with van der Waals surface area (Å²) in [5.74, 6) is 0. The number of hydrogen-bond donors (Lipinski definition) is 1. The highest BCUT2D eigenvalue weighted by Gasteiger charge is 2.17. The fourth-order valence-electron chi connectivity index (χ4n) is 2.04. The molecule has 1 aromatic rings. The van der Waals surface area contributed by atoms with E-state index in [4.69, 9.17) is 11.0 Å². The third kappa shape index (κ3) is 2.37. The summed E-state index contributed by atoms with van der Waals surface area (Å²) in [6.07, 6.45) is 2.24. The van der Waals surface area contributed by atoms with E-state index in [1.807, 2.05) is 18.2 Å². The molecule has 0 aromatic heterocycles. The molecule has 2 rings (SSSR count). The molecule has 1 aliphatic rings. The van der Waals surface area contributed by atoms with E-state index < -0.39 is 0 Å². The lowest BCUT2D eigenvalue weighted by Gasteiger charge is -2.32. The minimum Gasteiger partial charge on any atom is -0.370 e. The number of anilines is 1. The Balaban J connectivity index is 2.21. The molecule has 1 saturated heterocycles. The van der Waals surface area contributed by atoms with Gasteiger partial charge in [-0.25, -0.2) is 0 Å². The molecule has 1 aliphatic heterocycles. The van der Waals surface area contributed by atoms with E-state index in [0.29, 0.717) is 5.56 Å². The maximum Gasteiger partial charge on any atom is 0.100 e. The normalized spacial score (nSPS) is 20.6. The van der Waals surface area contributed by atoms with Crippen molar-refractivity contribution >= 4 is 21.6 Å². The summed E-state index contributed by atoms with van der Waals surface area (Å²) in [4.78, 5) is 2.28. The number of nitrogens with two attached hydrogens (primary N) is 1. The highest BCUT2D eigenvalue weighted by molar-refractivity contribution is 9.10. The Morgan fingerprint density at radius 3 is 2.94 bits per heavy atom. The highest BCUT2D eigenvalue weighted by Crippen LogP contribution is 2.25. The number of rotatable bonds is 1. The van der Waals surface area contributed by atoms with Crippen molar-refractivity contribution < 1.29 is 0 Å². The summed E-state index contributed by atoms with van der Waals surface area (Å²) in [6.45, 7) is 1.95. The van der Waals surface area contributed by atoms with Crippen LogP contribution in [0.5, 0.6) is 0 Å². The van der Waals surface area contributed by atoms with Crippen molar-refractivity contribution in [2.75, 3.05) is 18.0 Å². The Morgan fingerprint density at radius 2 is 2.31 bits per heavy atom. The minimum absolute atomic E-state index is 0.267. The van der Waals surface area contributed by atoms with Crippen LogP contribution in [0.3, 0.4) is 0 Å². The van der Waals surface area contributed by atoms with E-state index in [2.05, 4.69) is 26.9 Å². The number of nitriles is 1. The summed E-state index contributed by atoms with van der Waals surface area (Å²) in [6, 6.07) is 8.24. The molecule has 0 aliphatic carbocycles. The number of halogens is 1. The zero-order valence-corrected chi connectivity index (χ0v) is 10.6. The lowest BCUT2D eigenvalue weighted by molar-refractivity contribution is 0.506. The lowest BCUT2D eigenvalue weighted by Crippen LogP contribution is -2.42. The van der Waals surface area contributed by atoms with Crippen molar-refractivity contribution in [3.8, 4) is 6.07 Å². The Bertz CT molecular complexity index is 425. The molecule has 1 fully saturated rings. The van der Waals surface area contributed by atoms with Crippen LogP contribution in [-0.2, 0) is 0 Å². The van der Waals surface area contributed by atoms with E-state index in [0.717, 1.165) is 36.1 Å². The van der Waals surface area contributed by atoms with E-state index in [1.165, 1.54) is 0 Å². The number of benzene rings is 1. The van der Waals surface area contributed by atoms with Gasteiger partial charge in [-0.3, -0.25) is 0 Å². The maximum atomic E-state index is 8.85. The first kappa shape index (κ1) is 11.4. The Hall–Kier alpha value is -1.05. The van der Waals surface area contributed by atoms with Gasteiger partial charge in [0.25, 0.3) is 0 Å². The molecule has 3 nitrogen and oxygen atoms in total. The fourth-order valence-corrected chi connectivity index (χ4v) is 2.49. The predicted octanol–water partition coefficient (Wildman–Crippen LogP) is 2.25. The van der Waals surface area contributed by atoms with Crippen LogP contribution in [0.2, 0.25) is 0 Å². The van der Waals surface area contributed by atoms with Crippen molar-refractivity contribution in [2.45, 2.75) is 18.9 Å². The molecule has 4 heteroatoms. The summed E-state index contributed by atoms with van der Waals surface area (Å²) < 4.78 is 0.853. The number of hydrogen-bond acceptors (Lipinski definition) is 3. The Morgan fingerprint density at radius 1 is 1.50 bits per heavy atom. The Kier molecular flexibility index (Phi) is 3.47. The first-order valence-corrected chi connectivity index (χ1v) is 6.20. The first-order chi connectivity index (χ1) is 7.70. The van der Waals surface area contributed by atoms with Gasteiger partial charge >= 0.3 is 0 Å². The fraction of sp³-hybridized carbons (Fsp3) is 0.417. The van der Waals surface area contributed by atoms with Crippen molar-refractivity contribution in [3.63, 3.8) is 0 Å². The smallest absolute Gasteiger partial charge is 0.100 e. The van der Waals surface area contributed by atoms with Gasteiger partial charge in [0.15, 0.2) is 0 Å². The van der Waals surface area contributed by atoms with Gasteiger partial charge in [0.1, 0.15) is 6.07 Å². The van der Waals surface area contributed by atoms with E-state index in [-0.39, 0.29) is 6.04 Å². The highest BCUT2D eigenvalue weighted by atomic mass is 79.9. The predicted molar refractivity (Wildman–Crippen MR) is 68.3 cm³/mol. The molecule has 2 N–H and O–H groups in total. The first-order valence-electron chi connectivity index (χ1n) is 5.41. The molecule has 1 heterocycles. The van der Waals surface area contributed by atoms with Gasteiger partial charge in [0, 0.05) is 29.3 Å². The van der Waals surface area contributed by atoms with Crippen LogP contribution in [0.15, 0.2) is 22.7 Å². The SMILES string of the molecule is N#Cc1ccc(N2CCCC(N)C2)cc1Br. The van der Waals surface area contributed by atoms with Gasteiger partial charge in [-0.2, -0.15) is 5.26 Å². The van der Waals surface area contributed by atoms with Crippen LogP contribution in [-0.4, -0.2) is 19.1 Å². The third-order valence-electron chi connectivity index (χ3n) is 2.90. The molecular weight excluding hydrogens is 266 g/mol. The zero-order valence-electron chi connectivity index (χ0n) is 8.99. The van der Waals surface area contributed by atoms with Crippen molar-refractivity contribution in [1.82, 2.24) is 0 Å². The summed E-state index contributed by atoms with van der Waals surface area (Å²) in [5, 5.41) is 8.85. The average molecular weight is 280 g/mol. The maximum absolute atomic E-state index is 8.85. The second kappa shape index (κ2) is 4.86. The average Bonchev–Trinajstić information content (AvgIpc) is 2.29. The van der Waals surface area contributed by atoms with Crippen molar-refractivity contribution in [1.29, 1.82) is 5.26 Å². The number of piperidine rings is 1. The van der Waals surface area contributed by atoms with Gasteiger partial charge < -0.3 is 10.6 Å². The van der Waals surface area contributed by atoms with Crippen LogP contribution in [0.25, 0.3) is 0 Å². The standard InChI is InChI=1S/C12H14BrN3/c13-12-6-11(4-3-9(12)7-14)16-5-1-2-10(15)8-16/h3-4,6,10H,1-2,5,8,15H2. The molecule has 1 aromatic carbocycles. The van der Waals surface area contributed by atoms with Crippen LogP contribution in [0, 0.1) is 11.3 Å². The zero-order chi connectivity index (χ0) is 11.5. The second-order valence-corrected chi connectivity index (χ2v) is 4.98. The van der Waals surface area contributed by atoms with Crippen LogP contribution < -0.4 is 10.6 Å². The number of nitrogens with zero attached hydrogens (tertiary/aromatic N) is 2. The van der Waals surface area contributed by atoms with Crippen LogP contribution in [0.4, 0.5) is 5.69 Å². The van der Waals surface area contributed by atoms with Crippen LogP contribution in [0.1, 0.15) is 18.4 Å². The molecule has 84 valence electrons. The molecule has 1 atom stereocenters. The van der Waals surface area contributed by atoms with Gasteiger partial charge in [-0.05, 0) is 47.0 Å². The topological polar surface area (TPSA) is 53.0 Å². The molecule has 0 radical (unpaired) electrons. The molecule has 0 spiro atoms. The van der Waals surface area contributed by atoms with Gasteiger partial charge in [0.05, 0.1) is 5.56 Å². The van der Waals surface area contributed by atoms with Crippen molar-refractivity contribution in [2.24, 2.45) is 5.73 Å². The molecule has 16 heavy (non-hydrogen) atoms. The summed E-state index contributed by atoms with van der Waals surface area (Å²) in [7, 11) is 0. The molecule has 0 saturated carbocycles. The van der Waals surface area contributed by atoms with E-state index in [1.54, 1.807) is 0 Å². The Labute approximate surface area is 104 Å². The third-order valence-corrected chi connectivity index (χ3v) is 3.55. The minimum atomic E-state index is 0.267. The molecule has 0 bridgehead atoms. The quantitative estimate of drug-likeness (QED) is 0.858. The van der Waals surface area contributed by atoms with E-state index >= 15 is 0 Å². The molecule has 0 amide bonds. The largest absolute Gasteiger partial charge is 0.370 e. The molecular formula is C12H14BrN3. The molecule has 1 unspecified atom stereocenters. The van der Waals surface area contributed by atoms with Gasteiger partial charge in [-0.15, -0.1) is 0 Å². The van der Waals surface area contributed by atoms with Gasteiger partial charge in [-0.1, -0.05) is 0 Å². The second-order valence-electron chi connectivity index (χ2n) is 4.12. The van der Waals surface area contributed by atoms with E-state index in [9.17, 15) is 0 Å². The monoisotopic (exact) mass is 279 g/mol.